The van der Waals surface area contributed by atoms with E-state index in [0.717, 1.165) is 34.2 Å². The Balaban J connectivity index is 2.43. The number of thiol groups is 1. The highest BCUT2D eigenvalue weighted by atomic mass is 35.5. The number of aryl methyl sites for hydroxylation is 1. The Morgan fingerprint density at radius 3 is 2.76 bits per heavy atom. The van der Waals surface area contributed by atoms with Crippen molar-refractivity contribution in [2.75, 3.05) is 0 Å². The molecule has 0 radical (unpaired) electrons. The van der Waals surface area contributed by atoms with Crippen LogP contribution in [0.2, 0.25) is 5.02 Å². The van der Waals surface area contributed by atoms with E-state index in [0.29, 0.717) is 0 Å². The lowest BCUT2D eigenvalue weighted by molar-refractivity contribution is 0.885. The topological polar surface area (TPSA) is 12.9 Å². The fourth-order valence-electron chi connectivity index (χ4n) is 1.69. The molecule has 1 heterocycles. The highest BCUT2D eigenvalue weighted by Gasteiger charge is 2.12. The Morgan fingerprint density at radius 2 is 2.12 bits per heavy atom. The van der Waals surface area contributed by atoms with Crippen LogP contribution in [-0.2, 0) is 12.2 Å². The fourth-order valence-corrected chi connectivity index (χ4v) is 3.35. The monoisotopic (exact) mass is 283 g/mol. The van der Waals surface area contributed by atoms with Gasteiger partial charge >= 0.3 is 0 Å². The summed E-state index contributed by atoms with van der Waals surface area (Å²) in [6.45, 7) is 2.16. The highest BCUT2D eigenvalue weighted by Crippen LogP contribution is 2.33. The van der Waals surface area contributed by atoms with E-state index in [-0.39, 0.29) is 0 Å². The van der Waals surface area contributed by atoms with Gasteiger partial charge in [-0.15, -0.1) is 11.3 Å². The average molecular weight is 284 g/mol. The number of aromatic nitrogens is 1. The molecular weight excluding hydrogens is 270 g/mol. The van der Waals surface area contributed by atoms with Gasteiger partial charge in [-0.25, -0.2) is 4.98 Å². The molecule has 0 unspecified atom stereocenters. The van der Waals surface area contributed by atoms with E-state index in [2.05, 4.69) is 24.5 Å². The second-order valence-electron chi connectivity index (χ2n) is 3.78. The van der Waals surface area contributed by atoms with Gasteiger partial charge in [-0.2, -0.15) is 12.6 Å². The molecule has 90 valence electrons. The van der Waals surface area contributed by atoms with Crippen molar-refractivity contribution in [2.45, 2.75) is 25.5 Å². The first-order valence-corrected chi connectivity index (χ1v) is 7.43. The van der Waals surface area contributed by atoms with Gasteiger partial charge in [0, 0.05) is 16.2 Å². The molecule has 2 aromatic rings. The van der Waals surface area contributed by atoms with Crippen molar-refractivity contribution < 1.29 is 0 Å². The largest absolute Gasteiger partial charge is 0.241 e. The molecule has 1 aromatic carbocycles. The van der Waals surface area contributed by atoms with Crippen LogP contribution in [0.25, 0.3) is 10.6 Å². The molecule has 0 fully saturated rings. The Labute approximate surface area is 116 Å². The smallest absolute Gasteiger partial charge is 0.125 e. The molecule has 0 saturated carbocycles. The van der Waals surface area contributed by atoms with E-state index in [1.165, 1.54) is 10.6 Å². The van der Waals surface area contributed by atoms with E-state index in [1.54, 1.807) is 11.3 Å². The number of hydrogen-bond donors (Lipinski definition) is 1. The van der Waals surface area contributed by atoms with Gasteiger partial charge < -0.3 is 0 Å². The van der Waals surface area contributed by atoms with Gasteiger partial charge in [-0.1, -0.05) is 43.1 Å². The van der Waals surface area contributed by atoms with Crippen LogP contribution in [0, 0.1) is 0 Å². The molecule has 0 N–H and O–H groups in total. The molecule has 1 aromatic heterocycles. The molecule has 17 heavy (non-hydrogen) atoms. The maximum absolute atomic E-state index is 6.19. The quantitative estimate of drug-likeness (QED) is 0.792. The molecule has 2 rings (SSSR count). The molecule has 0 aliphatic heterocycles. The van der Waals surface area contributed by atoms with Crippen molar-refractivity contribution in [3.8, 4) is 10.6 Å². The number of benzene rings is 1. The SMILES string of the molecule is CCCc1nc(-c2ccccc2Cl)sc1CS. The highest BCUT2D eigenvalue weighted by molar-refractivity contribution is 7.79. The van der Waals surface area contributed by atoms with E-state index < -0.39 is 0 Å². The number of nitrogens with zero attached hydrogens (tertiary/aromatic N) is 1. The maximum Gasteiger partial charge on any atom is 0.125 e. The third-order valence-electron chi connectivity index (χ3n) is 2.51. The number of rotatable bonds is 4. The van der Waals surface area contributed by atoms with Gasteiger partial charge in [0.1, 0.15) is 5.01 Å². The lowest BCUT2D eigenvalue weighted by Gasteiger charge is -1.98. The minimum Gasteiger partial charge on any atom is -0.241 e. The van der Waals surface area contributed by atoms with Crippen LogP contribution in [0.5, 0.6) is 0 Å². The summed E-state index contributed by atoms with van der Waals surface area (Å²) in [6, 6.07) is 7.84. The molecule has 0 bridgehead atoms. The molecular formula is C13H14ClNS2. The van der Waals surface area contributed by atoms with Gasteiger partial charge in [-0.05, 0) is 12.5 Å². The van der Waals surface area contributed by atoms with Crippen molar-refractivity contribution >= 4 is 35.6 Å². The summed E-state index contributed by atoms with van der Waals surface area (Å²) < 4.78 is 0. The summed E-state index contributed by atoms with van der Waals surface area (Å²) >= 11 is 12.2. The third kappa shape index (κ3) is 2.84. The molecule has 0 saturated heterocycles. The fraction of sp³-hybridized carbons (Fsp3) is 0.308. The van der Waals surface area contributed by atoms with Crippen molar-refractivity contribution in [1.29, 1.82) is 0 Å². The Bertz CT molecular complexity index is 508. The van der Waals surface area contributed by atoms with E-state index >= 15 is 0 Å². The predicted octanol–water partition coefficient (Wildman–Crippen LogP) is 4.85. The van der Waals surface area contributed by atoms with Crippen molar-refractivity contribution in [3.63, 3.8) is 0 Å². The summed E-state index contributed by atoms with van der Waals surface area (Å²) in [7, 11) is 0. The summed E-state index contributed by atoms with van der Waals surface area (Å²) in [5, 5.41) is 1.76. The van der Waals surface area contributed by atoms with Gasteiger partial charge in [0.15, 0.2) is 0 Å². The van der Waals surface area contributed by atoms with Gasteiger partial charge in [0.2, 0.25) is 0 Å². The zero-order valence-corrected chi connectivity index (χ0v) is 12.1. The maximum atomic E-state index is 6.19. The molecule has 0 atom stereocenters. The van der Waals surface area contributed by atoms with Crippen LogP contribution in [0.3, 0.4) is 0 Å². The molecule has 0 aliphatic carbocycles. The van der Waals surface area contributed by atoms with Crippen molar-refractivity contribution in [3.05, 3.63) is 39.9 Å². The normalized spacial score (nSPS) is 10.8. The van der Waals surface area contributed by atoms with E-state index in [1.807, 2.05) is 24.3 Å². The average Bonchev–Trinajstić information content (AvgIpc) is 2.73. The van der Waals surface area contributed by atoms with Gasteiger partial charge in [0.05, 0.1) is 10.7 Å². The lowest BCUT2D eigenvalue weighted by atomic mass is 10.2. The zero-order chi connectivity index (χ0) is 12.3. The molecule has 0 aliphatic rings. The third-order valence-corrected chi connectivity index (χ3v) is 4.50. The van der Waals surface area contributed by atoms with Crippen LogP contribution in [0.15, 0.2) is 24.3 Å². The Morgan fingerprint density at radius 1 is 1.35 bits per heavy atom. The van der Waals surface area contributed by atoms with Crippen LogP contribution in [0.1, 0.15) is 23.9 Å². The molecule has 0 spiro atoms. The number of thiazole rings is 1. The summed E-state index contributed by atoms with van der Waals surface area (Å²) in [6.07, 6.45) is 2.11. The Hall–Kier alpha value is -0.510. The van der Waals surface area contributed by atoms with Crippen LogP contribution < -0.4 is 0 Å². The second-order valence-corrected chi connectivity index (χ2v) is 5.58. The lowest BCUT2D eigenvalue weighted by Crippen LogP contribution is -1.88. The molecule has 0 amide bonds. The first-order chi connectivity index (χ1) is 8.26. The second kappa shape index (κ2) is 5.89. The Kier molecular flexibility index (Phi) is 4.48. The van der Waals surface area contributed by atoms with Gasteiger partial charge in [-0.3, -0.25) is 0 Å². The first-order valence-electron chi connectivity index (χ1n) is 5.60. The van der Waals surface area contributed by atoms with Crippen molar-refractivity contribution in [1.82, 2.24) is 4.98 Å². The molecule has 1 nitrogen and oxygen atoms in total. The van der Waals surface area contributed by atoms with Crippen LogP contribution >= 0.6 is 35.6 Å². The number of halogens is 1. The predicted molar refractivity (Wildman–Crippen MR) is 79.2 cm³/mol. The first kappa shape index (κ1) is 12.9. The minimum absolute atomic E-state index is 0.747. The van der Waals surface area contributed by atoms with E-state index in [9.17, 15) is 0 Å². The van der Waals surface area contributed by atoms with Gasteiger partial charge in [0.25, 0.3) is 0 Å². The minimum atomic E-state index is 0.747. The summed E-state index contributed by atoms with van der Waals surface area (Å²) in [4.78, 5) is 5.94. The summed E-state index contributed by atoms with van der Waals surface area (Å²) in [5.41, 5.74) is 2.19. The molecule has 4 heteroatoms. The standard InChI is InChI=1S/C13H14ClNS2/c1-2-5-11-12(8-16)17-13(15-11)9-6-3-4-7-10(9)14/h3-4,6-7,16H,2,5,8H2,1H3. The summed E-state index contributed by atoms with van der Waals surface area (Å²) in [5.74, 6) is 0.747. The van der Waals surface area contributed by atoms with Crippen molar-refractivity contribution in [2.24, 2.45) is 0 Å². The van der Waals surface area contributed by atoms with Crippen LogP contribution in [0.4, 0.5) is 0 Å². The van der Waals surface area contributed by atoms with E-state index in [4.69, 9.17) is 11.6 Å². The number of hydrogen-bond acceptors (Lipinski definition) is 3. The van der Waals surface area contributed by atoms with Crippen LogP contribution in [-0.4, -0.2) is 4.98 Å². The zero-order valence-electron chi connectivity index (χ0n) is 9.61.